The average molecular weight is 260 g/mol. The third-order valence-corrected chi connectivity index (χ3v) is 2.65. The molecule has 0 atom stereocenters. The Morgan fingerprint density at radius 1 is 1.47 bits per heavy atom. The minimum absolute atomic E-state index is 0.124. The number of carbonyl (C=O) groups is 1. The summed E-state index contributed by atoms with van der Waals surface area (Å²) in [5.41, 5.74) is 0.531. The number of imidazole rings is 1. The van der Waals surface area contributed by atoms with Crippen LogP contribution >= 0.6 is 0 Å². The summed E-state index contributed by atoms with van der Waals surface area (Å²) in [5, 5.41) is 2.85. The van der Waals surface area contributed by atoms with E-state index in [0.29, 0.717) is 18.0 Å². The van der Waals surface area contributed by atoms with Crippen molar-refractivity contribution in [3.63, 3.8) is 0 Å². The van der Waals surface area contributed by atoms with E-state index in [1.54, 1.807) is 24.7 Å². The van der Waals surface area contributed by atoms with Gasteiger partial charge in [-0.3, -0.25) is 4.79 Å². The lowest BCUT2D eigenvalue weighted by atomic mass is 10.2. The van der Waals surface area contributed by atoms with Crippen molar-refractivity contribution in [2.75, 3.05) is 13.7 Å². The first-order valence-corrected chi connectivity index (χ1v) is 6.03. The molecule has 2 aromatic heterocycles. The minimum Gasteiger partial charge on any atom is -0.481 e. The van der Waals surface area contributed by atoms with Crippen LogP contribution in [0.25, 0.3) is 0 Å². The molecule has 0 saturated carbocycles. The maximum atomic E-state index is 11.8. The van der Waals surface area contributed by atoms with Gasteiger partial charge in [-0.05, 0) is 12.5 Å². The van der Waals surface area contributed by atoms with Crippen LogP contribution in [0.5, 0.6) is 5.88 Å². The molecule has 0 unspecified atom stereocenters. The fourth-order valence-electron chi connectivity index (χ4n) is 1.62. The maximum absolute atomic E-state index is 11.8. The van der Waals surface area contributed by atoms with Gasteiger partial charge in [0.25, 0.3) is 5.91 Å². The first kappa shape index (κ1) is 13.1. The zero-order chi connectivity index (χ0) is 13.5. The van der Waals surface area contributed by atoms with E-state index in [1.165, 1.54) is 13.3 Å². The van der Waals surface area contributed by atoms with Gasteiger partial charge in [-0.25, -0.2) is 9.97 Å². The van der Waals surface area contributed by atoms with Gasteiger partial charge >= 0.3 is 0 Å². The number of hydrogen-bond acceptors (Lipinski definition) is 4. The molecule has 0 aliphatic carbocycles. The van der Waals surface area contributed by atoms with Crippen molar-refractivity contribution >= 4 is 5.91 Å². The molecule has 1 N–H and O–H groups in total. The van der Waals surface area contributed by atoms with Crippen LogP contribution in [0.4, 0.5) is 0 Å². The number of aromatic nitrogens is 3. The number of pyridine rings is 1. The van der Waals surface area contributed by atoms with Crippen LogP contribution < -0.4 is 10.1 Å². The molecule has 1 amide bonds. The molecular formula is C13H16N4O2. The van der Waals surface area contributed by atoms with Crippen LogP contribution in [0.15, 0.2) is 37.1 Å². The van der Waals surface area contributed by atoms with Gasteiger partial charge in [0.2, 0.25) is 5.88 Å². The van der Waals surface area contributed by atoms with Gasteiger partial charge in [-0.15, -0.1) is 0 Å². The summed E-state index contributed by atoms with van der Waals surface area (Å²) >= 11 is 0. The van der Waals surface area contributed by atoms with Crippen LogP contribution in [0, 0.1) is 0 Å². The molecule has 2 heterocycles. The molecule has 0 bridgehead atoms. The molecule has 6 heteroatoms. The summed E-state index contributed by atoms with van der Waals surface area (Å²) < 4.78 is 6.91. The summed E-state index contributed by atoms with van der Waals surface area (Å²) in [4.78, 5) is 19.7. The highest BCUT2D eigenvalue weighted by Crippen LogP contribution is 2.06. The molecule has 0 fully saturated rings. The van der Waals surface area contributed by atoms with Crippen LogP contribution in [-0.2, 0) is 6.54 Å². The van der Waals surface area contributed by atoms with E-state index in [0.717, 1.165) is 13.0 Å². The third kappa shape index (κ3) is 3.80. The SMILES string of the molecule is COc1ccc(C(=O)NCCCn2ccnc2)cn1. The molecule has 0 aliphatic heterocycles. The van der Waals surface area contributed by atoms with E-state index >= 15 is 0 Å². The smallest absolute Gasteiger partial charge is 0.252 e. The van der Waals surface area contributed by atoms with Crippen LogP contribution in [0.1, 0.15) is 16.8 Å². The van der Waals surface area contributed by atoms with E-state index in [2.05, 4.69) is 15.3 Å². The number of aryl methyl sites for hydroxylation is 1. The van der Waals surface area contributed by atoms with Crippen LogP contribution in [0.2, 0.25) is 0 Å². The lowest BCUT2D eigenvalue weighted by molar-refractivity contribution is 0.0952. The van der Waals surface area contributed by atoms with E-state index < -0.39 is 0 Å². The maximum Gasteiger partial charge on any atom is 0.252 e. The summed E-state index contributed by atoms with van der Waals surface area (Å²) in [6.45, 7) is 1.45. The Hall–Kier alpha value is -2.37. The van der Waals surface area contributed by atoms with Gasteiger partial charge in [-0.2, -0.15) is 0 Å². The lowest BCUT2D eigenvalue weighted by Crippen LogP contribution is -2.25. The van der Waals surface area contributed by atoms with Gasteiger partial charge in [0.05, 0.1) is 19.0 Å². The molecule has 0 radical (unpaired) electrons. The molecule has 0 saturated heterocycles. The second kappa shape index (κ2) is 6.53. The number of amides is 1. The van der Waals surface area contributed by atoms with Gasteiger partial charge in [0.15, 0.2) is 0 Å². The average Bonchev–Trinajstić information content (AvgIpc) is 2.96. The zero-order valence-electron chi connectivity index (χ0n) is 10.7. The summed E-state index contributed by atoms with van der Waals surface area (Å²) in [6.07, 6.45) is 7.75. The van der Waals surface area contributed by atoms with Crippen molar-refractivity contribution in [2.24, 2.45) is 0 Å². The fraction of sp³-hybridized carbons (Fsp3) is 0.308. The first-order valence-electron chi connectivity index (χ1n) is 6.03. The van der Waals surface area contributed by atoms with Crippen LogP contribution in [-0.4, -0.2) is 34.1 Å². The molecule has 2 rings (SSSR count). The molecule has 6 nitrogen and oxygen atoms in total. The molecule has 19 heavy (non-hydrogen) atoms. The second-order valence-electron chi connectivity index (χ2n) is 4.00. The van der Waals surface area contributed by atoms with Crippen molar-refractivity contribution in [3.8, 4) is 5.88 Å². The van der Waals surface area contributed by atoms with Crippen molar-refractivity contribution in [3.05, 3.63) is 42.6 Å². The van der Waals surface area contributed by atoms with Gasteiger partial charge in [0, 0.05) is 37.7 Å². The number of ether oxygens (including phenoxy) is 1. The number of nitrogens with zero attached hydrogens (tertiary/aromatic N) is 3. The summed E-state index contributed by atoms with van der Waals surface area (Å²) in [6, 6.07) is 3.36. The largest absolute Gasteiger partial charge is 0.481 e. The van der Waals surface area contributed by atoms with Crippen molar-refractivity contribution in [1.82, 2.24) is 19.9 Å². The summed E-state index contributed by atoms with van der Waals surface area (Å²) in [5.74, 6) is 0.373. The Balaban J connectivity index is 1.74. The number of rotatable bonds is 6. The lowest BCUT2D eigenvalue weighted by Gasteiger charge is -2.06. The Morgan fingerprint density at radius 2 is 2.37 bits per heavy atom. The second-order valence-corrected chi connectivity index (χ2v) is 4.00. The zero-order valence-corrected chi connectivity index (χ0v) is 10.7. The normalized spacial score (nSPS) is 10.2. The molecule has 0 spiro atoms. The molecule has 0 aliphatic rings. The predicted octanol–water partition coefficient (Wildman–Crippen LogP) is 1.11. The first-order chi connectivity index (χ1) is 9.29. The fourth-order valence-corrected chi connectivity index (χ4v) is 1.62. The van der Waals surface area contributed by atoms with Gasteiger partial charge < -0.3 is 14.6 Å². The number of methoxy groups -OCH3 is 1. The Morgan fingerprint density at radius 3 is 3.00 bits per heavy atom. The highest BCUT2D eigenvalue weighted by Gasteiger charge is 2.05. The molecule has 100 valence electrons. The number of carbonyl (C=O) groups excluding carboxylic acids is 1. The highest BCUT2D eigenvalue weighted by molar-refractivity contribution is 5.93. The Kier molecular flexibility index (Phi) is 4.49. The molecular weight excluding hydrogens is 244 g/mol. The number of nitrogens with one attached hydrogen (secondary N) is 1. The molecule has 0 aromatic carbocycles. The van der Waals surface area contributed by atoms with Crippen molar-refractivity contribution in [1.29, 1.82) is 0 Å². The predicted molar refractivity (Wildman–Crippen MR) is 70.0 cm³/mol. The quantitative estimate of drug-likeness (QED) is 0.790. The van der Waals surface area contributed by atoms with E-state index in [1.807, 2.05) is 10.8 Å². The highest BCUT2D eigenvalue weighted by atomic mass is 16.5. The topological polar surface area (TPSA) is 69.0 Å². The Bertz CT molecular complexity index is 508. The van der Waals surface area contributed by atoms with Gasteiger partial charge in [-0.1, -0.05) is 0 Å². The minimum atomic E-state index is -0.124. The third-order valence-electron chi connectivity index (χ3n) is 2.65. The van der Waals surface area contributed by atoms with E-state index in [4.69, 9.17) is 4.74 Å². The van der Waals surface area contributed by atoms with Crippen molar-refractivity contribution < 1.29 is 9.53 Å². The monoisotopic (exact) mass is 260 g/mol. The van der Waals surface area contributed by atoms with Crippen LogP contribution in [0.3, 0.4) is 0 Å². The standard InChI is InChI=1S/C13H16N4O2/c1-19-12-4-3-11(9-16-12)13(18)15-5-2-7-17-8-6-14-10-17/h3-4,6,8-10H,2,5,7H2,1H3,(H,15,18). The van der Waals surface area contributed by atoms with E-state index in [9.17, 15) is 4.79 Å². The van der Waals surface area contributed by atoms with Gasteiger partial charge in [0.1, 0.15) is 0 Å². The van der Waals surface area contributed by atoms with E-state index in [-0.39, 0.29) is 5.91 Å². The number of hydrogen-bond donors (Lipinski definition) is 1. The molecule has 2 aromatic rings. The Labute approximate surface area is 111 Å². The summed E-state index contributed by atoms with van der Waals surface area (Å²) in [7, 11) is 1.54. The van der Waals surface area contributed by atoms with Crippen molar-refractivity contribution in [2.45, 2.75) is 13.0 Å².